The number of benzene rings is 2. The Bertz CT molecular complexity index is 1310. The third-order valence-corrected chi connectivity index (χ3v) is 4.32. The number of imidazole rings is 1. The summed E-state index contributed by atoms with van der Waals surface area (Å²) in [6.07, 6.45) is 1.62. The van der Waals surface area contributed by atoms with Gasteiger partial charge >= 0.3 is 0 Å². The summed E-state index contributed by atoms with van der Waals surface area (Å²) in [6, 6.07) is 18.9. The number of hydrogen-bond donors (Lipinski definition) is 2. The van der Waals surface area contributed by atoms with E-state index < -0.39 is 17.6 Å². The minimum Gasteiger partial charge on any atom is -0.320 e. The Morgan fingerprint density at radius 3 is 2.43 bits per heavy atom. The molecule has 0 fully saturated rings. The monoisotopic (exact) mass is 399 g/mol. The third kappa shape index (κ3) is 3.72. The Kier molecular flexibility index (Phi) is 4.93. The van der Waals surface area contributed by atoms with Crippen LogP contribution in [0.15, 0.2) is 72.9 Å². The molecule has 146 valence electrons. The first-order valence-electron chi connectivity index (χ1n) is 8.90. The summed E-state index contributed by atoms with van der Waals surface area (Å²) in [7, 11) is 0. The highest BCUT2D eigenvalue weighted by Gasteiger charge is 2.21. The zero-order chi connectivity index (χ0) is 21.1. The van der Waals surface area contributed by atoms with Crippen molar-refractivity contribution >= 4 is 28.7 Å². The number of hydrogen-bond acceptors (Lipinski definition) is 4. The zero-order valence-corrected chi connectivity index (χ0v) is 15.5. The normalized spacial score (nSPS) is 10.4. The smallest absolute Gasteiger partial charge is 0.292 e. The van der Waals surface area contributed by atoms with Gasteiger partial charge in [-0.15, -0.1) is 0 Å². The molecule has 4 aromatic rings. The largest absolute Gasteiger partial charge is 0.320 e. The van der Waals surface area contributed by atoms with Crippen molar-refractivity contribution < 1.29 is 14.0 Å². The van der Waals surface area contributed by atoms with Gasteiger partial charge in [-0.1, -0.05) is 12.1 Å². The predicted molar refractivity (Wildman–Crippen MR) is 109 cm³/mol. The average Bonchev–Trinajstić information content (AvgIpc) is 3.14. The summed E-state index contributed by atoms with van der Waals surface area (Å²) < 4.78 is 14.9. The number of halogens is 1. The molecule has 0 bridgehead atoms. The zero-order valence-electron chi connectivity index (χ0n) is 15.5. The number of nitrogens with one attached hydrogen (secondary N) is 2. The SMILES string of the molecule is N#Cc1ccc(NC(=O)c2nc(C(=O)Nc3cccc(F)c3)c3ccccn23)cc1. The van der Waals surface area contributed by atoms with Gasteiger partial charge in [-0.05, 0) is 54.6 Å². The van der Waals surface area contributed by atoms with E-state index in [-0.39, 0.29) is 17.2 Å². The number of pyridine rings is 1. The average molecular weight is 399 g/mol. The Hall–Kier alpha value is -4.51. The molecule has 2 N–H and O–H groups in total. The van der Waals surface area contributed by atoms with Gasteiger partial charge in [-0.2, -0.15) is 5.26 Å². The van der Waals surface area contributed by atoms with Gasteiger partial charge in [0.15, 0.2) is 5.69 Å². The van der Waals surface area contributed by atoms with Crippen LogP contribution in [-0.4, -0.2) is 21.2 Å². The summed E-state index contributed by atoms with van der Waals surface area (Å²) in [4.78, 5) is 29.7. The predicted octanol–water partition coefficient (Wildman–Crippen LogP) is 3.85. The highest BCUT2D eigenvalue weighted by Crippen LogP contribution is 2.18. The lowest BCUT2D eigenvalue weighted by atomic mass is 10.2. The first-order valence-corrected chi connectivity index (χ1v) is 8.90. The van der Waals surface area contributed by atoms with E-state index >= 15 is 0 Å². The van der Waals surface area contributed by atoms with Gasteiger partial charge in [0, 0.05) is 17.6 Å². The van der Waals surface area contributed by atoms with Gasteiger partial charge in [0.05, 0.1) is 17.1 Å². The van der Waals surface area contributed by atoms with Crippen LogP contribution >= 0.6 is 0 Å². The van der Waals surface area contributed by atoms with Crippen molar-refractivity contribution in [2.75, 3.05) is 10.6 Å². The van der Waals surface area contributed by atoms with Gasteiger partial charge in [-0.25, -0.2) is 9.37 Å². The molecule has 0 aliphatic carbocycles. The number of anilines is 2. The van der Waals surface area contributed by atoms with Gasteiger partial charge in [0.2, 0.25) is 5.82 Å². The first kappa shape index (κ1) is 18.8. The quantitative estimate of drug-likeness (QED) is 0.544. The van der Waals surface area contributed by atoms with E-state index in [0.717, 1.165) is 0 Å². The molecule has 0 saturated carbocycles. The van der Waals surface area contributed by atoms with E-state index in [0.29, 0.717) is 16.8 Å². The minimum absolute atomic E-state index is 0.0133. The molecular weight excluding hydrogens is 385 g/mol. The lowest BCUT2D eigenvalue weighted by Gasteiger charge is -2.04. The third-order valence-electron chi connectivity index (χ3n) is 4.32. The van der Waals surface area contributed by atoms with Gasteiger partial charge in [-0.3, -0.25) is 14.0 Å². The van der Waals surface area contributed by atoms with Crippen molar-refractivity contribution in [2.24, 2.45) is 0 Å². The number of amides is 2. The van der Waals surface area contributed by atoms with Crippen molar-refractivity contribution in [1.29, 1.82) is 5.26 Å². The molecule has 0 aliphatic heterocycles. The van der Waals surface area contributed by atoms with Crippen LogP contribution in [0.3, 0.4) is 0 Å². The maximum absolute atomic E-state index is 13.4. The standard InChI is InChI=1S/C22H14FN5O2/c23-15-4-3-5-17(12-15)26-21(29)19-18-6-1-2-11-28(18)20(27-19)22(30)25-16-9-7-14(13-24)8-10-16/h1-12H,(H,25,30)(H,26,29). The molecule has 0 radical (unpaired) electrons. The molecule has 0 atom stereocenters. The molecular formula is C22H14FN5O2. The van der Waals surface area contributed by atoms with E-state index in [9.17, 15) is 14.0 Å². The topological polar surface area (TPSA) is 99.3 Å². The number of rotatable bonds is 4. The molecule has 2 heterocycles. The molecule has 2 aromatic carbocycles. The number of fused-ring (bicyclic) bond motifs is 1. The van der Waals surface area contributed by atoms with Crippen molar-refractivity contribution in [3.05, 3.63) is 95.8 Å². The van der Waals surface area contributed by atoms with Crippen LogP contribution in [0, 0.1) is 17.1 Å². The molecule has 0 unspecified atom stereocenters. The van der Waals surface area contributed by atoms with Crippen molar-refractivity contribution in [3.8, 4) is 6.07 Å². The van der Waals surface area contributed by atoms with E-state index in [2.05, 4.69) is 15.6 Å². The van der Waals surface area contributed by atoms with Crippen LogP contribution in [0.25, 0.3) is 5.52 Å². The number of aromatic nitrogens is 2. The van der Waals surface area contributed by atoms with Crippen LogP contribution < -0.4 is 10.6 Å². The van der Waals surface area contributed by atoms with Gasteiger partial charge < -0.3 is 10.6 Å². The molecule has 4 rings (SSSR count). The molecule has 2 aromatic heterocycles. The fraction of sp³-hybridized carbons (Fsp3) is 0. The van der Waals surface area contributed by atoms with Crippen LogP contribution in [0.2, 0.25) is 0 Å². The van der Waals surface area contributed by atoms with Crippen molar-refractivity contribution in [2.45, 2.75) is 0 Å². The Labute approximate surface area is 170 Å². The van der Waals surface area contributed by atoms with Crippen LogP contribution in [0.4, 0.5) is 15.8 Å². The molecule has 2 amide bonds. The van der Waals surface area contributed by atoms with Crippen LogP contribution in [-0.2, 0) is 0 Å². The number of carbonyl (C=O) groups excluding carboxylic acids is 2. The summed E-state index contributed by atoms with van der Waals surface area (Å²) >= 11 is 0. The fourth-order valence-electron chi connectivity index (χ4n) is 2.94. The lowest BCUT2D eigenvalue weighted by Crippen LogP contribution is -2.16. The summed E-state index contributed by atoms with van der Waals surface area (Å²) in [5.41, 5.74) is 1.69. The second-order valence-electron chi connectivity index (χ2n) is 6.35. The number of carbonyl (C=O) groups is 2. The number of nitriles is 1. The van der Waals surface area contributed by atoms with E-state index in [1.807, 2.05) is 6.07 Å². The second-order valence-corrected chi connectivity index (χ2v) is 6.35. The van der Waals surface area contributed by atoms with E-state index in [1.165, 1.54) is 22.6 Å². The van der Waals surface area contributed by atoms with Gasteiger partial charge in [0.1, 0.15) is 5.82 Å². The first-order chi connectivity index (χ1) is 14.5. The molecule has 8 heteroatoms. The summed E-state index contributed by atoms with van der Waals surface area (Å²) in [5, 5.41) is 14.2. The van der Waals surface area contributed by atoms with Crippen LogP contribution in [0.1, 0.15) is 26.7 Å². The summed E-state index contributed by atoms with van der Waals surface area (Å²) in [6.45, 7) is 0. The second kappa shape index (κ2) is 7.85. The highest BCUT2D eigenvalue weighted by molar-refractivity contribution is 6.10. The Morgan fingerprint density at radius 2 is 1.70 bits per heavy atom. The van der Waals surface area contributed by atoms with Crippen LogP contribution in [0.5, 0.6) is 0 Å². The minimum atomic E-state index is -0.568. The molecule has 7 nitrogen and oxygen atoms in total. The van der Waals surface area contributed by atoms with E-state index in [4.69, 9.17) is 5.26 Å². The Morgan fingerprint density at radius 1 is 0.933 bits per heavy atom. The highest BCUT2D eigenvalue weighted by atomic mass is 19.1. The number of nitrogens with zero attached hydrogens (tertiary/aromatic N) is 3. The summed E-state index contributed by atoms with van der Waals surface area (Å²) in [5.74, 6) is -1.56. The molecule has 0 aliphatic rings. The maximum Gasteiger partial charge on any atom is 0.292 e. The fourth-order valence-corrected chi connectivity index (χ4v) is 2.94. The van der Waals surface area contributed by atoms with E-state index in [1.54, 1.807) is 54.7 Å². The van der Waals surface area contributed by atoms with Crippen molar-refractivity contribution in [3.63, 3.8) is 0 Å². The van der Waals surface area contributed by atoms with Crippen molar-refractivity contribution in [1.82, 2.24) is 9.38 Å². The lowest BCUT2D eigenvalue weighted by molar-refractivity contribution is 0.101. The van der Waals surface area contributed by atoms with Gasteiger partial charge in [0.25, 0.3) is 11.8 Å². The Balaban J connectivity index is 1.65. The molecule has 30 heavy (non-hydrogen) atoms. The molecule has 0 spiro atoms. The maximum atomic E-state index is 13.4. The molecule has 0 saturated heterocycles.